The van der Waals surface area contributed by atoms with Crippen molar-refractivity contribution in [2.45, 2.75) is 20.8 Å². The summed E-state index contributed by atoms with van der Waals surface area (Å²) in [7, 11) is 0. The van der Waals surface area contributed by atoms with Crippen LogP contribution >= 0.6 is 0 Å². The fourth-order valence-electron chi connectivity index (χ4n) is 3.59. The van der Waals surface area contributed by atoms with Crippen LogP contribution in [0.15, 0.2) is 29.0 Å². The number of nitrogens with zero attached hydrogens (tertiary/aromatic N) is 5. The highest BCUT2D eigenvalue weighted by molar-refractivity contribution is 6.04. The molecule has 1 aromatic carbocycles. The number of hydrogen-bond donors (Lipinski definition) is 0. The summed E-state index contributed by atoms with van der Waals surface area (Å²) in [6, 6.07) is 6.40. The van der Waals surface area contributed by atoms with Crippen molar-refractivity contribution in [3.8, 4) is 0 Å². The lowest BCUT2D eigenvalue weighted by atomic mass is 10.1. The molecule has 0 saturated carbocycles. The van der Waals surface area contributed by atoms with Gasteiger partial charge in [-0.1, -0.05) is 17.3 Å². The summed E-state index contributed by atoms with van der Waals surface area (Å²) in [5.41, 5.74) is 4.30. The molecular weight excluding hydrogens is 358 g/mol. The number of hydrogen-bond acceptors (Lipinski definition) is 8. The van der Waals surface area contributed by atoms with E-state index < -0.39 is 5.97 Å². The lowest BCUT2D eigenvalue weighted by Crippen LogP contribution is -2.47. The Morgan fingerprint density at radius 1 is 1.14 bits per heavy atom. The van der Waals surface area contributed by atoms with Crippen LogP contribution in [0.3, 0.4) is 0 Å². The monoisotopic (exact) mass is 381 g/mol. The molecule has 8 heteroatoms. The standard InChI is InChI=1S/C20H23N5O3/c1-4-27-20(26)17-16-18(21-12-22-19(16)28-23-17)25-10-8-24(9-11-25)15-7-5-6-13(2)14(15)3/h5-7,12H,4,8-11H2,1-3H3. The van der Waals surface area contributed by atoms with Gasteiger partial charge in [-0.3, -0.25) is 0 Å². The molecule has 146 valence electrons. The van der Waals surface area contributed by atoms with E-state index in [4.69, 9.17) is 9.26 Å². The summed E-state index contributed by atoms with van der Waals surface area (Å²) in [5.74, 6) is 0.140. The zero-order valence-electron chi connectivity index (χ0n) is 16.3. The van der Waals surface area contributed by atoms with Crippen LogP contribution in [0, 0.1) is 13.8 Å². The van der Waals surface area contributed by atoms with E-state index in [0.29, 0.717) is 16.9 Å². The van der Waals surface area contributed by atoms with Gasteiger partial charge in [0.05, 0.1) is 6.61 Å². The molecule has 2 aromatic heterocycles. The maximum Gasteiger partial charge on any atom is 0.361 e. The number of aromatic nitrogens is 3. The second-order valence-electron chi connectivity index (χ2n) is 6.82. The summed E-state index contributed by atoms with van der Waals surface area (Å²) in [4.78, 5) is 25.3. The summed E-state index contributed by atoms with van der Waals surface area (Å²) >= 11 is 0. The number of rotatable bonds is 4. The van der Waals surface area contributed by atoms with Crippen molar-refractivity contribution in [3.63, 3.8) is 0 Å². The van der Waals surface area contributed by atoms with E-state index in [0.717, 1.165) is 26.2 Å². The molecule has 0 atom stereocenters. The summed E-state index contributed by atoms with van der Waals surface area (Å²) in [6.45, 7) is 9.57. The molecule has 0 unspecified atom stereocenters. The van der Waals surface area contributed by atoms with Crippen LogP contribution < -0.4 is 9.80 Å². The molecule has 0 amide bonds. The third-order valence-electron chi connectivity index (χ3n) is 5.22. The molecule has 0 aliphatic carbocycles. The second-order valence-corrected chi connectivity index (χ2v) is 6.82. The first-order valence-corrected chi connectivity index (χ1v) is 9.43. The van der Waals surface area contributed by atoms with Gasteiger partial charge in [0.25, 0.3) is 5.71 Å². The van der Waals surface area contributed by atoms with Crippen LogP contribution in [-0.4, -0.2) is 53.9 Å². The number of benzene rings is 1. The predicted molar refractivity (Wildman–Crippen MR) is 106 cm³/mol. The Morgan fingerprint density at radius 2 is 1.89 bits per heavy atom. The van der Waals surface area contributed by atoms with Gasteiger partial charge < -0.3 is 19.1 Å². The molecule has 0 bridgehead atoms. The summed E-state index contributed by atoms with van der Waals surface area (Å²) in [6.07, 6.45) is 1.44. The number of fused-ring (bicyclic) bond motifs is 1. The van der Waals surface area contributed by atoms with Gasteiger partial charge in [-0.2, -0.15) is 4.98 Å². The Kier molecular flexibility index (Phi) is 4.85. The van der Waals surface area contributed by atoms with E-state index in [-0.39, 0.29) is 12.3 Å². The molecule has 28 heavy (non-hydrogen) atoms. The SMILES string of the molecule is CCOC(=O)c1noc2ncnc(N3CCN(c4cccc(C)c4C)CC3)c12. The van der Waals surface area contributed by atoms with Gasteiger partial charge in [0.1, 0.15) is 17.5 Å². The van der Waals surface area contributed by atoms with E-state index in [2.05, 4.69) is 57.0 Å². The predicted octanol–water partition coefficient (Wildman–Crippen LogP) is 2.74. The van der Waals surface area contributed by atoms with Crippen LogP contribution in [0.2, 0.25) is 0 Å². The average molecular weight is 381 g/mol. The molecule has 1 aliphatic rings. The molecule has 0 radical (unpaired) electrons. The highest BCUT2D eigenvalue weighted by atomic mass is 16.5. The van der Waals surface area contributed by atoms with Gasteiger partial charge in [0.15, 0.2) is 0 Å². The van der Waals surface area contributed by atoms with Gasteiger partial charge >= 0.3 is 5.97 Å². The van der Waals surface area contributed by atoms with Crippen LogP contribution in [0.25, 0.3) is 11.1 Å². The van der Waals surface area contributed by atoms with Crippen molar-refractivity contribution in [1.29, 1.82) is 0 Å². The van der Waals surface area contributed by atoms with Gasteiger partial charge in [0, 0.05) is 31.9 Å². The van der Waals surface area contributed by atoms with E-state index in [1.165, 1.54) is 23.1 Å². The minimum Gasteiger partial charge on any atom is -0.461 e. The Balaban J connectivity index is 1.60. The maximum atomic E-state index is 12.2. The number of aryl methyl sites for hydroxylation is 1. The fourth-order valence-corrected chi connectivity index (χ4v) is 3.59. The molecule has 8 nitrogen and oxygen atoms in total. The van der Waals surface area contributed by atoms with E-state index in [1.54, 1.807) is 6.92 Å². The highest BCUT2D eigenvalue weighted by Gasteiger charge is 2.27. The van der Waals surface area contributed by atoms with Crippen molar-refractivity contribution in [1.82, 2.24) is 15.1 Å². The number of piperazine rings is 1. The van der Waals surface area contributed by atoms with Crippen LogP contribution in [0.4, 0.5) is 11.5 Å². The first kappa shape index (κ1) is 18.2. The second kappa shape index (κ2) is 7.46. The molecule has 3 aromatic rings. The summed E-state index contributed by atoms with van der Waals surface area (Å²) in [5, 5.41) is 4.38. The highest BCUT2D eigenvalue weighted by Crippen LogP contribution is 2.29. The smallest absolute Gasteiger partial charge is 0.361 e. The van der Waals surface area contributed by atoms with Crippen LogP contribution in [0.1, 0.15) is 28.5 Å². The number of ether oxygens (including phenoxy) is 1. The molecule has 1 fully saturated rings. The molecule has 1 aliphatic heterocycles. The van der Waals surface area contributed by atoms with Gasteiger partial charge in [-0.25, -0.2) is 9.78 Å². The fraction of sp³-hybridized carbons (Fsp3) is 0.400. The van der Waals surface area contributed by atoms with E-state index in [1.807, 2.05) is 0 Å². The third kappa shape index (κ3) is 3.15. The molecule has 4 rings (SSSR count). The normalized spacial score (nSPS) is 14.5. The molecule has 0 N–H and O–H groups in total. The number of carbonyl (C=O) groups is 1. The first-order valence-electron chi connectivity index (χ1n) is 9.43. The van der Waals surface area contributed by atoms with Crippen LogP contribution in [0.5, 0.6) is 0 Å². The quantitative estimate of drug-likeness (QED) is 0.638. The van der Waals surface area contributed by atoms with E-state index in [9.17, 15) is 4.79 Å². The number of esters is 1. The van der Waals surface area contributed by atoms with Crippen molar-refractivity contribution in [2.75, 3.05) is 42.6 Å². The molecule has 0 spiro atoms. The largest absolute Gasteiger partial charge is 0.461 e. The molecule has 3 heterocycles. The topological polar surface area (TPSA) is 84.6 Å². The average Bonchev–Trinajstić information content (AvgIpc) is 3.15. The van der Waals surface area contributed by atoms with Gasteiger partial charge in [-0.15, -0.1) is 0 Å². The van der Waals surface area contributed by atoms with Gasteiger partial charge in [0.2, 0.25) is 5.69 Å². The lowest BCUT2D eigenvalue weighted by Gasteiger charge is -2.37. The van der Waals surface area contributed by atoms with E-state index >= 15 is 0 Å². The Bertz CT molecular complexity index is 1010. The lowest BCUT2D eigenvalue weighted by molar-refractivity contribution is 0.0517. The molecular formula is C20H23N5O3. The van der Waals surface area contributed by atoms with Crippen molar-refractivity contribution in [3.05, 3.63) is 41.3 Å². The summed E-state index contributed by atoms with van der Waals surface area (Å²) < 4.78 is 10.3. The first-order chi connectivity index (χ1) is 13.6. The minimum atomic E-state index is -0.522. The minimum absolute atomic E-state index is 0.129. The van der Waals surface area contributed by atoms with Crippen molar-refractivity contribution in [2.24, 2.45) is 0 Å². The third-order valence-corrected chi connectivity index (χ3v) is 5.22. The zero-order chi connectivity index (χ0) is 19.7. The number of anilines is 2. The van der Waals surface area contributed by atoms with Crippen LogP contribution in [-0.2, 0) is 4.74 Å². The zero-order valence-corrected chi connectivity index (χ0v) is 16.3. The Morgan fingerprint density at radius 3 is 2.64 bits per heavy atom. The Hall–Kier alpha value is -3.16. The number of carbonyl (C=O) groups excluding carboxylic acids is 1. The van der Waals surface area contributed by atoms with Crippen molar-refractivity contribution >= 4 is 28.6 Å². The van der Waals surface area contributed by atoms with Gasteiger partial charge in [-0.05, 0) is 38.0 Å². The molecule has 1 saturated heterocycles. The van der Waals surface area contributed by atoms with Crippen molar-refractivity contribution < 1.29 is 14.1 Å². The maximum absolute atomic E-state index is 12.2. The Labute approximate surface area is 163 Å².